The first-order valence-corrected chi connectivity index (χ1v) is 11.6. The lowest BCUT2D eigenvalue weighted by molar-refractivity contribution is 0.414. The fraction of sp³-hybridized carbons (Fsp3) is 0.185. The van der Waals surface area contributed by atoms with Gasteiger partial charge in [-0.2, -0.15) is 0 Å². The average Bonchev–Trinajstić information content (AvgIpc) is 3.49. The van der Waals surface area contributed by atoms with Crippen LogP contribution in [0.15, 0.2) is 91.3 Å². The number of rotatable bonds is 6. The number of pyridine rings is 1. The summed E-state index contributed by atoms with van der Waals surface area (Å²) in [7, 11) is 5.76. The minimum absolute atomic E-state index is 0.0929. The van der Waals surface area contributed by atoms with Crippen LogP contribution < -0.4 is 19.9 Å². The van der Waals surface area contributed by atoms with Gasteiger partial charge in [0.05, 0.1) is 18.8 Å². The smallest absolute Gasteiger partial charge is 0.174 e. The van der Waals surface area contributed by atoms with Gasteiger partial charge in [-0.15, -0.1) is 0 Å². The van der Waals surface area contributed by atoms with Crippen LogP contribution in [-0.2, 0) is 0 Å². The lowest BCUT2D eigenvalue weighted by atomic mass is 10.0. The molecule has 1 aliphatic rings. The van der Waals surface area contributed by atoms with E-state index in [1.807, 2.05) is 50.6 Å². The van der Waals surface area contributed by atoms with Crippen LogP contribution in [-0.4, -0.2) is 35.9 Å². The summed E-state index contributed by atoms with van der Waals surface area (Å²) in [5, 5.41) is 4.22. The topological polar surface area (TPSA) is 45.6 Å². The van der Waals surface area contributed by atoms with Crippen molar-refractivity contribution in [2.45, 2.75) is 12.1 Å². The van der Waals surface area contributed by atoms with Crippen molar-refractivity contribution in [2.24, 2.45) is 0 Å². The summed E-state index contributed by atoms with van der Waals surface area (Å²) < 4.78 is 7.56. The quantitative estimate of drug-likeness (QED) is 0.395. The van der Waals surface area contributed by atoms with Crippen LogP contribution in [0.3, 0.4) is 0 Å². The molecule has 5 rings (SSSR count). The van der Waals surface area contributed by atoms with Crippen molar-refractivity contribution >= 4 is 28.7 Å². The maximum Gasteiger partial charge on any atom is 0.174 e. The number of hydrogen-bond acceptors (Lipinski definition) is 4. The van der Waals surface area contributed by atoms with Crippen molar-refractivity contribution in [3.8, 4) is 11.4 Å². The number of aromatic nitrogens is 2. The minimum Gasteiger partial charge on any atom is -0.497 e. The maximum atomic E-state index is 5.88. The second-order valence-corrected chi connectivity index (χ2v) is 8.80. The summed E-state index contributed by atoms with van der Waals surface area (Å²) in [6, 6.07) is 26.6. The van der Waals surface area contributed by atoms with Crippen LogP contribution in [0.1, 0.15) is 23.5 Å². The van der Waals surface area contributed by atoms with E-state index in [4.69, 9.17) is 17.0 Å². The Morgan fingerprint density at radius 3 is 2.29 bits per heavy atom. The summed E-state index contributed by atoms with van der Waals surface area (Å²) >= 11 is 5.88. The summed E-state index contributed by atoms with van der Waals surface area (Å²) in [6.45, 7) is 0. The van der Waals surface area contributed by atoms with Gasteiger partial charge in [0.2, 0.25) is 0 Å². The van der Waals surface area contributed by atoms with Crippen LogP contribution in [0.5, 0.6) is 5.75 Å². The average molecular weight is 470 g/mol. The first-order chi connectivity index (χ1) is 16.6. The molecular formula is C27H27N5OS. The Hall–Kier alpha value is -3.84. The highest BCUT2D eigenvalue weighted by molar-refractivity contribution is 7.80. The van der Waals surface area contributed by atoms with Crippen molar-refractivity contribution in [2.75, 3.05) is 31.0 Å². The molecule has 1 saturated heterocycles. The zero-order valence-corrected chi connectivity index (χ0v) is 20.2. The molecule has 2 aromatic heterocycles. The predicted octanol–water partition coefficient (Wildman–Crippen LogP) is 5.12. The van der Waals surface area contributed by atoms with E-state index in [0.717, 1.165) is 34.2 Å². The first-order valence-electron chi connectivity index (χ1n) is 11.2. The third-order valence-electron chi connectivity index (χ3n) is 6.18. The van der Waals surface area contributed by atoms with Crippen LogP contribution in [0, 0.1) is 0 Å². The van der Waals surface area contributed by atoms with Gasteiger partial charge in [-0.25, -0.2) is 0 Å². The molecule has 1 N–H and O–H groups in total. The standard InChI is InChI=1S/C27H27N5OS/c1-30(2)19-9-11-21(12-10-19)32-26(25(29-27(32)34)23-7-4-5-17-28-23)24-8-6-18-31(24)20-13-15-22(33-3)16-14-20/h4-18,25-26H,1-3H3,(H,29,34)/t25-,26-/m0/s1. The predicted molar refractivity (Wildman–Crippen MR) is 141 cm³/mol. The highest BCUT2D eigenvalue weighted by Gasteiger charge is 2.42. The van der Waals surface area contributed by atoms with E-state index in [1.165, 1.54) is 0 Å². The third-order valence-corrected chi connectivity index (χ3v) is 6.49. The number of ether oxygens (including phenoxy) is 1. The van der Waals surface area contributed by atoms with Gasteiger partial charge in [0.15, 0.2) is 5.11 Å². The van der Waals surface area contributed by atoms with E-state index in [9.17, 15) is 0 Å². The fourth-order valence-electron chi connectivity index (χ4n) is 4.46. The third kappa shape index (κ3) is 3.99. The fourth-order valence-corrected chi connectivity index (χ4v) is 4.80. The Labute approximate surface area is 205 Å². The molecule has 3 heterocycles. The molecule has 34 heavy (non-hydrogen) atoms. The zero-order valence-electron chi connectivity index (χ0n) is 19.4. The summed E-state index contributed by atoms with van der Waals surface area (Å²) in [5.74, 6) is 0.829. The molecule has 0 saturated carbocycles. The Morgan fingerprint density at radius 2 is 1.65 bits per heavy atom. The van der Waals surface area contributed by atoms with Crippen LogP contribution in [0.2, 0.25) is 0 Å². The largest absolute Gasteiger partial charge is 0.497 e. The van der Waals surface area contributed by atoms with E-state index in [-0.39, 0.29) is 12.1 Å². The van der Waals surface area contributed by atoms with E-state index in [2.05, 4.69) is 79.4 Å². The highest BCUT2D eigenvalue weighted by atomic mass is 32.1. The van der Waals surface area contributed by atoms with Crippen molar-refractivity contribution in [1.29, 1.82) is 0 Å². The highest BCUT2D eigenvalue weighted by Crippen LogP contribution is 2.42. The monoisotopic (exact) mass is 469 g/mol. The SMILES string of the molecule is COc1ccc(-n2cccc2[C@H]2[C@H](c3ccccn3)NC(=S)N2c2ccc(N(C)C)cc2)cc1. The lowest BCUT2D eigenvalue weighted by Crippen LogP contribution is -2.30. The molecule has 7 heteroatoms. The molecular weight excluding hydrogens is 442 g/mol. The molecule has 172 valence electrons. The number of thiocarbonyl (C=S) groups is 1. The van der Waals surface area contributed by atoms with E-state index >= 15 is 0 Å². The van der Waals surface area contributed by atoms with Gasteiger partial charge < -0.3 is 24.4 Å². The van der Waals surface area contributed by atoms with Crippen LogP contribution in [0.4, 0.5) is 11.4 Å². The number of benzene rings is 2. The molecule has 0 amide bonds. The second-order valence-electron chi connectivity index (χ2n) is 8.41. The summed E-state index contributed by atoms with van der Waals surface area (Å²) in [5.41, 5.74) is 5.30. The number of nitrogens with one attached hydrogen (secondary N) is 1. The molecule has 2 atom stereocenters. The van der Waals surface area contributed by atoms with Crippen molar-refractivity contribution < 1.29 is 4.74 Å². The molecule has 1 fully saturated rings. The molecule has 0 aliphatic carbocycles. The van der Waals surface area contributed by atoms with E-state index < -0.39 is 0 Å². The maximum absolute atomic E-state index is 5.88. The van der Waals surface area contributed by atoms with Crippen molar-refractivity contribution in [3.05, 3.63) is 103 Å². The number of methoxy groups -OCH3 is 1. The first kappa shape index (κ1) is 22.0. The molecule has 2 aromatic carbocycles. The van der Waals surface area contributed by atoms with Gasteiger partial charge >= 0.3 is 0 Å². The Balaban J connectivity index is 1.62. The lowest BCUT2D eigenvalue weighted by Gasteiger charge is -2.29. The number of anilines is 2. The number of nitrogens with zero attached hydrogens (tertiary/aromatic N) is 4. The number of hydrogen-bond donors (Lipinski definition) is 1. The van der Waals surface area contributed by atoms with Crippen molar-refractivity contribution in [3.63, 3.8) is 0 Å². The van der Waals surface area contributed by atoms with Gasteiger partial charge in [-0.3, -0.25) is 4.98 Å². The van der Waals surface area contributed by atoms with Gasteiger partial charge in [0, 0.05) is 49.2 Å². The minimum atomic E-state index is -0.103. The summed E-state index contributed by atoms with van der Waals surface area (Å²) in [6.07, 6.45) is 3.91. The Kier molecular flexibility index (Phi) is 5.94. The molecule has 6 nitrogen and oxygen atoms in total. The molecule has 1 aliphatic heterocycles. The van der Waals surface area contributed by atoms with Gasteiger partial charge in [0.1, 0.15) is 11.8 Å². The second kappa shape index (κ2) is 9.19. The molecule has 0 spiro atoms. The van der Waals surface area contributed by atoms with Crippen LogP contribution >= 0.6 is 12.2 Å². The Morgan fingerprint density at radius 1 is 0.912 bits per heavy atom. The Bertz CT molecular complexity index is 1270. The molecule has 0 radical (unpaired) electrons. The van der Waals surface area contributed by atoms with Crippen molar-refractivity contribution in [1.82, 2.24) is 14.9 Å². The molecule has 0 bridgehead atoms. The summed E-state index contributed by atoms with van der Waals surface area (Å²) in [4.78, 5) is 8.95. The van der Waals surface area contributed by atoms with Crippen LogP contribution in [0.25, 0.3) is 5.69 Å². The normalized spacial score (nSPS) is 17.5. The van der Waals surface area contributed by atoms with Gasteiger partial charge in [0.25, 0.3) is 0 Å². The zero-order chi connectivity index (χ0) is 23.7. The van der Waals surface area contributed by atoms with Gasteiger partial charge in [-0.05, 0) is 85.0 Å². The van der Waals surface area contributed by atoms with E-state index in [0.29, 0.717) is 5.11 Å². The van der Waals surface area contributed by atoms with Gasteiger partial charge in [-0.1, -0.05) is 6.07 Å². The molecule has 4 aromatic rings. The van der Waals surface area contributed by atoms with E-state index in [1.54, 1.807) is 7.11 Å². The molecule has 0 unspecified atom stereocenters.